The number of benzene rings is 1. The van der Waals surface area contributed by atoms with Gasteiger partial charge in [-0.25, -0.2) is 0 Å². The molecule has 0 saturated carbocycles. The van der Waals surface area contributed by atoms with Crippen molar-refractivity contribution in [1.29, 1.82) is 0 Å². The quantitative estimate of drug-likeness (QED) is 0.672. The number of hydrogen-bond donors (Lipinski definition) is 3. The molecular weight excluding hydrogens is 346 g/mol. The van der Waals surface area contributed by atoms with Crippen molar-refractivity contribution in [1.82, 2.24) is 5.32 Å². The van der Waals surface area contributed by atoms with Crippen molar-refractivity contribution in [3.8, 4) is 5.75 Å². The lowest BCUT2D eigenvalue weighted by Crippen LogP contribution is -2.36. The first-order valence-electron chi connectivity index (χ1n) is 7.89. The van der Waals surface area contributed by atoms with E-state index >= 15 is 0 Å². The van der Waals surface area contributed by atoms with Gasteiger partial charge in [0.2, 0.25) is 0 Å². The van der Waals surface area contributed by atoms with Gasteiger partial charge in [0.25, 0.3) is 11.1 Å². The van der Waals surface area contributed by atoms with E-state index in [9.17, 15) is 19.8 Å². The van der Waals surface area contributed by atoms with Crippen LogP contribution in [0.2, 0.25) is 0 Å². The van der Waals surface area contributed by atoms with E-state index in [0.29, 0.717) is 17.3 Å². The molecule has 3 rings (SSSR count). The standard InChI is InChI=1S/C17H19NO6S/c1-9(15-14(20)12(19)8-24-15)7-23-11-4-2-10(3-5-11)6-13-16(21)18-17(22)25-13/h2-6,9,12,14-15,19-20H,7-8H2,1H3,(H,18,21,22)/b13-6-/t9?,12-,14-,15?/m1/s1. The van der Waals surface area contributed by atoms with E-state index in [1.54, 1.807) is 30.3 Å². The first-order valence-corrected chi connectivity index (χ1v) is 8.71. The molecule has 2 fully saturated rings. The number of carbonyl (C=O) groups excluding carboxylic acids is 2. The molecule has 2 amide bonds. The molecular formula is C17H19NO6S. The van der Waals surface area contributed by atoms with E-state index in [4.69, 9.17) is 9.47 Å². The molecule has 1 aromatic carbocycles. The molecule has 0 aromatic heterocycles. The Bertz CT molecular complexity index is 689. The molecule has 1 aromatic rings. The van der Waals surface area contributed by atoms with Gasteiger partial charge in [-0.2, -0.15) is 0 Å². The van der Waals surface area contributed by atoms with Crippen LogP contribution in [0, 0.1) is 5.92 Å². The molecule has 2 heterocycles. The monoisotopic (exact) mass is 365 g/mol. The highest BCUT2D eigenvalue weighted by atomic mass is 32.2. The fourth-order valence-corrected chi connectivity index (χ4v) is 3.36. The van der Waals surface area contributed by atoms with Gasteiger partial charge in [-0.3, -0.25) is 14.9 Å². The molecule has 134 valence electrons. The Morgan fingerprint density at radius 1 is 1.36 bits per heavy atom. The minimum atomic E-state index is -0.898. The lowest BCUT2D eigenvalue weighted by molar-refractivity contribution is -0.115. The molecule has 2 unspecified atom stereocenters. The molecule has 0 bridgehead atoms. The van der Waals surface area contributed by atoms with Crippen molar-refractivity contribution in [2.75, 3.05) is 13.2 Å². The SMILES string of the molecule is CC(COc1ccc(/C=C2\SC(=O)NC2=O)cc1)C1OC[C@@H](O)[C@H]1O. The minimum Gasteiger partial charge on any atom is -0.493 e. The Hall–Kier alpha value is -1.87. The molecule has 7 nitrogen and oxygen atoms in total. The number of carbonyl (C=O) groups is 2. The van der Waals surface area contributed by atoms with Crippen LogP contribution in [0.4, 0.5) is 4.79 Å². The summed E-state index contributed by atoms with van der Waals surface area (Å²) in [7, 11) is 0. The van der Waals surface area contributed by atoms with Crippen LogP contribution in [0.5, 0.6) is 5.75 Å². The molecule has 2 aliphatic rings. The maximum atomic E-state index is 11.5. The van der Waals surface area contributed by atoms with Crippen LogP contribution >= 0.6 is 11.8 Å². The highest BCUT2D eigenvalue weighted by molar-refractivity contribution is 8.18. The van der Waals surface area contributed by atoms with E-state index in [-0.39, 0.29) is 23.7 Å². The molecule has 2 aliphatic heterocycles. The first kappa shape index (κ1) is 17.9. The summed E-state index contributed by atoms with van der Waals surface area (Å²) in [6, 6.07) is 7.10. The number of thioether (sulfide) groups is 1. The molecule has 2 saturated heterocycles. The molecule has 25 heavy (non-hydrogen) atoms. The Morgan fingerprint density at radius 2 is 2.08 bits per heavy atom. The van der Waals surface area contributed by atoms with Crippen LogP contribution < -0.4 is 10.1 Å². The van der Waals surface area contributed by atoms with E-state index < -0.39 is 18.3 Å². The Morgan fingerprint density at radius 3 is 2.64 bits per heavy atom. The Labute approximate surface area is 149 Å². The second kappa shape index (κ2) is 7.57. The van der Waals surface area contributed by atoms with Crippen LogP contribution in [0.3, 0.4) is 0 Å². The molecule has 0 aliphatic carbocycles. The number of imide groups is 1. The fourth-order valence-electron chi connectivity index (χ4n) is 2.68. The zero-order valence-electron chi connectivity index (χ0n) is 13.5. The summed E-state index contributed by atoms with van der Waals surface area (Å²) in [4.78, 5) is 23.0. The molecule has 0 spiro atoms. The van der Waals surface area contributed by atoms with Gasteiger partial charge in [-0.15, -0.1) is 0 Å². The minimum absolute atomic E-state index is 0.0847. The maximum Gasteiger partial charge on any atom is 0.290 e. The van der Waals surface area contributed by atoms with Crippen molar-refractivity contribution in [3.63, 3.8) is 0 Å². The second-order valence-electron chi connectivity index (χ2n) is 6.07. The van der Waals surface area contributed by atoms with Crippen molar-refractivity contribution in [2.24, 2.45) is 5.92 Å². The molecule has 3 N–H and O–H groups in total. The number of rotatable bonds is 5. The topological polar surface area (TPSA) is 105 Å². The summed E-state index contributed by atoms with van der Waals surface area (Å²) in [6.45, 7) is 2.35. The predicted molar refractivity (Wildman–Crippen MR) is 92.0 cm³/mol. The van der Waals surface area contributed by atoms with Crippen molar-refractivity contribution in [3.05, 3.63) is 34.7 Å². The first-order chi connectivity index (χ1) is 11.9. The maximum absolute atomic E-state index is 11.5. The van der Waals surface area contributed by atoms with E-state index in [1.165, 1.54) is 0 Å². The van der Waals surface area contributed by atoms with Gasteiger partial charge in [0.05, 0.1) is 24.2 Å². The van der Waals surface area contributed by atoms with Crippen LogP contribution in [-0.4, -0.2) is 52.9 Å². The lowest BCUT2D eigenvalue weighted by Gasteiger charge is -2.22. The second-order valence-corrected chi connectivity index (χ2v) is 7.08. The summed E-state index contributed by atoms with van der Waals surface area (Å²) in [5.74, 6) is 0.168. The summed E-state index contributed by atoms with van der Waals surface area (Å²) in [6.07, 6.45) is -0.557. The van der Waals surface area contributed by atoms with Crippen molar-refractivity contribution >= 4 is 29.0 Å². The van der Waals surface area contributed by atoms with E-state index in [2.05, 4.69) is 5.32 Å². The Balaban J connectivity index is 1.55. The predicted octanol–water partition coefficient (Wildman–Crippen LogP) is 1.15. The van der Waals surface area contributed by atoms with Crippen LogP contribution in [0.25, 0.3) is 6.08 Å². The number of aliphatic hydroxyl groups is 2. The van der Waals surface area contributed by atoms with Crippen molar-refractivity contribution < 1.29 is 29.3 Å². The average molecular weight is 365 g/mol. The van der Waals surface area contributed by atoms with Crippen molar-refractivity contribution in [2.45, 2.75) is 25.2 Å². The van der Waals surface area contributed by atoms with Crippen LogP contribution in [0.1, 0.15) is 12.5 Å². The smallest absolute Gasteiger partial charge is 0.290 e. The fraction of sp³-hybridized carbons (Fsp3) is 0.412. The number of hydrogen-bond acceptors (Lipinski definition) is 7. The van der Waals surface area contributed by atoms with E-state index in [0.717, 1.165) is 17.3 Å². The largest absolute Gasteiger partial charge is 0.493 e. The van der Waals surface area contributed by atoms with Gasteiger partial charge in [0, 0.05) is 5.92 Å². The highest BCUT2D eigenvalue weighted by Crippen LogP contribution is 2.26. The summed E-state index contributed by atoms with van der Waals surface area (Å²) in [5, 5.41) is 21.2. The van der Waals surface area contributed by atoms with Gasteiger partial charge in [-0.05, 0) is 35.5 Å². The molecule has 8 heteroatoms. The van der Waals surface area contributed by atoms with Gasteiger partial charge in [-0.1, -0.05) is 19.1 Å². The normalized spacial score (nSPS) is 29.1. The lowest BCUT2D eigenvalue weighted by atomic mass is 10.00. The van der Waals surface area contributed by atoms with Crippen LogP contribution in [0.15, 0.2) is 29.2 Å². The zero-order valence-corrected chi connectivity index (χ0v) is 14.4. The van der Waals surface area contributed by atoms with Gasteiger partial charge in [0.15, 0.2) is 0 Å². The van der Waals surface area contributed by atoms with Gasteiger partial charge >= 0.3 is 0 Å². The third kappa shape index (κ3) is 4.21. The number of amides is 2. The highest BCUT2D eigenvalue weighted by Gasteiger charge is 2.38. The zero-order chi connectivity index (χ0) is 18.0. The third-order valence-corrected chi connectivity index (χ3v) is 4.89. The Kier molecular flexibility index (Phi) is 5.43. The number of ether oxygens (including phenoxy) is 2. The molecule has 4 atom stereocenters. The van der Waals surface area contributed by atoms with Crippen LogP contribution in [-0.2, 0) is 9.53 Å². The van der Waals surface area contributed by atoms with Gasteiger partial charge < -0.3 is 19.7 Å². The van der Waals surface area contributed by atoms with E-state index in [1.807, 2.05) is 6.92 Å². The summed E-state index contributed by atoms with van der Waals surface area (Å²) in [5.41, 5.74) is 0.783. The summed E-state index contributed by atoms with van der Waals surface area (Å²) >= 11 is 0.874. The number of aliphatic hydroxyl groups excluding tert-OH is 2. The van der Waals surface area contributed by atoms with Gasteiger partial charge in [0.1, 0.15) is 18.0 Å². The number of nitrogens with one attached hydrogen (secondary N) is 1. The molecule has 0 radical (unpaired) electrons. The third-order valence-electron chi connectivity index (χ3n) is 4.08. The average Bonchev–Trinajstić information content (AvgIpc) is 3.08. The summed E-state index contributed by atoms with van der Waals surface area (Å²) < 4.78 is 11.1.